The summed E-state index contributed by atoms with van der Waals surface area (Å²) in [6.45, 7) is 0. The van der Waals surface area contributed by atoms with Crippen LogP contribution in [0.25, 0.3) is 0 Å². The molecule has 0 heterocycles. The van der Waals surface area contributed by atoms with Crippen LogP contribution in [0.4, 0.5) is 17.6 Å². The second-order valence-corrected chi connectivity index (χ2v) is 4.18. The van der Waals surface area contributed by atoms with Crippen LogP contribution >= 0.6 is 23.2 Å². The lowest BCUT2D eigenvalue weighted by Crippen LogP contribution is -2.12. The molecule has 16 heavy (non-hydrogen) atoms. The molecule has 1 atom stereocenters. The molecule has 0 aliphatic rings. The lowest BCUT2D eigenvalue weighted by Gasteiger charge is -2.14. The van der Waals surface area contributed by atoms with Gasteiger partial charge in [-0.1, -0.05) is 6.07 Å². The minimum Gasteiger partial charge on any atom is -0.386 e. The van der Waals surface area contributed by atoms with E-state index in [1.807, 2.05) is 0 Å². The third kappa shape index (κ3) is 2.99. The zero-order valence-corrected chi connectivity index (χ0v) is 9.11. The Kier molecular flexibility index (Phi) is 4.04. The molecule has 0 amide bonds. The van der Waals surface area contributed by atoms with Gasteiger partial charge < -0.3 is 5.11 Å². The van der Waals surface area contributed by atoms with Gasteiger partial charge in [0.15, 0.2) is 0 Å². The maximum atomic E-state index is 12.9. The third-order valence-corrected chi connectivity index (χ3v) is 2.35. The van der Waals surface area contributed by atoms with Crippen molar-refractivity contribution in [2.24, 2.45) is 0 Å². The highest BCUT2D eigenvalue weighted by molar-refractivity contribution is 6.44. The summed E-state index contributed by atoms with van der Waals surface area (Å²) in [7, 11) is 0. The fourth-order valence-corrected chi connectivity index (χ4v) is 1.38. The highest BCUT2D eigenvalue weighted by Crippen LogP contribution is 2.34. The van der Waals surface area contributed by atoms with Crippen molar-refractivity contribution in [1.82, 2.24) is 0 Å². The van der Waals surface area contributed by atoms with Crippen molar-refractivity contribution in [2.75, 3.05) is 0 Å². The molecule has 1 unspecified atom stereocenters. The number of aliphatic hydroxyl groups is 1. The van der Waals surface area contributed by atoms with Crippen LogP contribution in [0.5, 0.6) is 0 Å². The van der Waals surface area contributed by atoms with Gasteiger partial charge in [-0.05, 0) is 17.7 Å². The molecule has 1 aromatic rings. The van der Waals surface area contributed by atoms with Crippen molar-refractivity contribution < 1.29 is 22.7 Å². The molecular weight excluding hydrogens is 271 g/mol. The van der Waals surface area contributed by atoms with Crippen LogP contribution < -0.4 is 0 Å². The van der Waals surface area contributed by atoms with E-state index in [0.29, 0.717) is 12.1 Å². The van der Waals surface area contributed by atoms with Crippen molar-refractivity contribution in [3.05, 3.63) is 35.1 Å². The van der Waals surface area contributed by atoms with Gasteiger partial charge in [0.05, 0.1) is 5.56 Å². The lowest BCUT2D eigenvalue weighted by atomic mass is 10.1. The highest BCUT2D eigenvalue weighted by atomic mass is 35.5. The van der Waals surface area contributed by atoms with E-state index < -0.39 is 28.5 Å². The number of hydrogen-bond acceptors (Lipinski definition) is 1. The van der Waals surface area contributed by atoms with Crippen LogP contribution in [-0.4, -0.2) is 9.94 Å². The maximum absolute atomic E-state index is 12.9. The Labute approximate surface area is 98.6 Å². The van der Waals surface area contributed by atoms with Crippen LogP contribution in [0.1, 0.15) is 17.2 Å². The van der Waals surface area contributed by atoms with Gasteiger partial charge >= 0.3 is 6.18 Å². The van der Waals surface area contributed by atoms with Crippen LogP contribution in [-0.2, 0) is 6.18 Å². The van der Waals surface area contributed by atoms with Gasteiger partial charge in [0, 0.05) is 0 Å². The number of aliphatic hydroxyl groups excluding tert-OH is 1. The van der Waals surface area contributed by atoms with Crippen molar-refractivity contribution in [3.63, 3.8) is 0 Å². The number of alkyl halides is 5. The molecule has 0 saturated heterocycles. The summed E-state index contributed by atoms with van der Waals surface area (Å²) in [4.78, 5) is -1.29. The van der Waals surface area contributed by atoms with Crippen LogP contribution in [0.2, 0.25) is 0 Å². The van der Waals surface area contributed by atoms with E-state index in [4.69, 9.17) is 23.2 Å². The summed E-state index contributed by atoms with van der Waals surface area (Å²) in [6.07, 6.45) is -6.32. The second kappa shape index (κ2) is 4.77. The molecular formula is C9H6Cl2F4O. The van der Waals surface area contributed by atoms with Crippen molar-refractivity contribution in [3.8, 4) is 0 Å². The van der Waals surface area contributed by atoms with Gasteiger partial charge in [-0.15, -0.1) is 23.2 Å². The first-order chi connectivity index (χ1) is 7.23. The Morgan fingerprint density at radius 1 is 1.19 bits per heavy atom. The molecule has 0 fully saturated rings. The third-order valence-electron chi connectivity index (χ3n) is 1.88. The van der Waals surface area contributed by atoms with Crippen LogP contribution in [0, 0.1) is 5.82 Å². The number of rotatable bonds is 2. The molecule has 1 nitrogen and oxygen atoms in total. The van der Waals surface area contributed by atoms with E-state index in [-0.39, 0.29) is 5.56 Å². The minimum atomic E-state index is -4.83. The van der Waals surface area contributed by atoms with E-state index in [1.165, 1.54) is 0 Å². The van der Waals surface area contributed by atoms with Crippen LogP contribution in [0.3, 0.4) is 0 Å². The fourth-order valence-electron chi connectivity index (χ4n) is 1.09. The predicted molar refractivity (Wildman–Crippen MR) is 51.9 cm³/mol. The summed E-state index contributed by atoms with van der Waals surface area (Å²) < 4.78 is 49.8. The maximum Gasteiger partial charge on any atom is 0.419 e. The number of halogens is 6. The monoisotopic (exact) mass is 276 g/mol. The minimum absolute atomic E-state index is 0.191. The molecule has 7 heteroatoms. The molecule has 1 aromatic carbocycles. The Morgan fingerprint density at radius 2 is 1.75 bits per heavy atom. The Hall–Kier alpha value is -0.520. The van der Waals surface area contributed by atoms with Crippen molar-refractivity contribution in [1.29, 1.82) is 0 Å². The largest absolute Gasteiger partial charge is 0.419 e. The summed E-state index contributed by atoms with van der Waals surface area (Å²) in [5.74, 6) is -1.41. The topological polar surface area (TPSA) is 20.2 Å². The molecule has 0 spiro atoms. The Balaban J connectivity index is 3.18. The average molecular weight is 277 g/mol. The fraction of sp³-hybridized carbons (Fsp3) is 0.333. The van der Waals surface area contributed by atoms with E-state index in [0.717, 1.165) is 6.07 Å². The van der Waals surface area contributed by atoms with Gasteiger partial charge in [0.1, 0.15) is 16.8 Å². The highest BCUT2D eigenvalue weighted by Gasteiger charge is 2.35. The second-order valence-electron chi connectivity index (χ2n) is 3.02. The summed E-state index contributed by atoms with van der Waals surface area (Å²) in [6, 6.07) is 2.09. The molecule has 1 rings (SSSR count). The molecule has 0 saturated carbocycles. The van der Waals surface area contributed by atoms with Crippen molar-refractivity contribution in [2.45, 2.75) is 17.1 Å². The molecule has 0 radical (unpaired) electrons. The molecule has 0 aromatic heterocycles. The summed E-state index contributed by atoms with van der Waals surface area (Å²) >= 11 is 10.6. The summed E-state index contributed by atoms with van der Waals surface area (Å²) in [5, 5.41) is 9.33. The number of hydrogen-bond donors (Lipinski definition) is 1. The van der Waals surface area contributed by atoms with E-state index in [1.54, 1.807) is 0 Å². The van der Waals surface area contributed by atoms with Crippen molar-refractivity contribution >= 4 is 23.2 Å². The molecule has 90 valence electrons. The van der Waals surface area contributed by atoms with E-state index >= 15 is 0 Å². The van der Waals surface area contributed by atoms with Crippen LogP contribution in [0.15, 0.2) is 18.2 Å². The van der Waals surface area contributed by atoms with Gasteiger partial charge in [0.25, 0.3) is 0 Å². The first-order valence-electron chi connectivity index (χ1n) is 4.06. The molecule has 0 aliphatic heterocycles. The first-order valence-corrected chi connectivity index (χ1v) is 4.93. The zero-order valence-electron chi connectivity index (χ0n) is 7.60. The zero-order chi connectivity index (χ0) is 12.5. The standard InChI is InChI=1S/C9H6Cl2F4O/c10-8(11)7(16)4-1-2-6(12)5(3-4)9(13,14)15/h1-3,7-8,16H. The molecule has 0 aliphatic carbocycles. The Morgan fingerprint density at radius 3 is 2.19 bits per heavy atom. The molecule has 1 N–H and O–H groups in total. The van der Waals surface area contributed by atoms with Gasteiger partial charge in [-0.3, -0.25) is 0 Å². The Bertz CT molecular complexity index is 378. The number of benzene rings is 1. The van der Waals surface area contributed by atoms with E-state index in [9.17, 15) is 22.7 Å². The van der Waals surface area contributed by atoms with E-state index in [2.05, 4.69) is 0 Å². The smallest absolute Gasteiger partial charge is 0.386 e. The quantitative estimate of drug-likeness (QED) is 0.645. The average Bonchev–Trinajstić information content (AvgIpc) is 2.15. The predicted octanol–water partition coefficient (Wildman–Crippen LogP) is 3.68. The molecule has 0 bridgehead atoms. The normalized spacial score (nSPS) is 14.2. The summed E-state index contributed by atoms with van der Waals surface area (Å²) in [5.41, 5.74) is -1.65. The first kappa shape index (κ1) is 13.5. The SMILES string of the molecule is OC(c1ccc(F)c(C(F)(F)F)c1)C(Cl)Cl. The van der Waals surface area contributed by atoms with Gasteiger partial charge in [0.2, 0.25) is 0 Å². The van der Waals surface area contributed by atoms with Gasteiger partial charge in [-0.25, -0.2) is 4.39 Å². The lowest BCUT2D eigenvalue weighted by molar-refractivity contribution is -0.140. The van der Waals surface area contributed by atoms with Gasteiger partial charge in [-0.2, -0.15) is 13.2 Å².